The van der Waals surface area contributed by atoms with Gasteiger partial charge in [0.25, 0.3) is 5.69 Å². The molecule has 0 aliphatic carbocycles. The van der Waals surface area contributed by atoms with Crippen LogP contribution in [0, 0.1) is 10.1 Å². The summed E-state index contributed by atoms with van der Waals surface area (Å²) in [4.78, 5) is 10.1. The molecule has 0 fully saturated rings. The van der Waals surface area contributed by atoms with Gasteiger partial charge in [-0.15, -0.1) is 0 Å². The molecule has 1 aromatic carbocycles. The average molecular weight is 284 g/mol. The fourth-order valence-electron chi connectivity index (χ4n) is 1.56. The molecule has 0 amide bonds. The van der Waals surface area contributed by atoms with Crippen LogP contribution in [0.25, 0.3) is 0 Å². The van der Waals surface area contributed by atoms with Crippen LogP contribution in [-0.2, 0) is 9.47 Å². The molecule has 112 valence electrons. The van der Waals surface area contributed by atoms with Gasteiger partial charge in [-0.05, 0) is 12.1 Å². The molecule has 0 heterocycles. The lowest BCUT2D eigenvalue weighted by Crippen LogP contribution is -2.34. The van der Waals surface area contributed by atoms with Gasteiger partial charge in [0.2, 0.25) is 0 Å². The van der Waals surface area contributed by atoms with Crippen molar-refractivity contribution in [1.29, 1.82) is 0 Å². The number of nitrogens with one attached hydrogen (secondary N) is 1. The standard InChI is InChI=1S/C13H20N2O5/c1-18-10-13(19-2)9-14-7-8-20-12-5-3-11(4-6-12)15(16)17/h3-6,13-14H,7-10H2,1-2H3. The van der Waals surface area contributed by atoms with Gasteiger partial charge >= 0.3 is 0 Å². The summed E-state index contributed by atoms with van der Waals surface area (Å²) in [6, 6.07) is 6.01. The van der Waals surface area contributed by atoms with Crippen molar-refractivity contribution in [3.63, 3.8) is 0 Å². The van der Waals surface area contributed by atoms with Gasteiger partial charge in [0.05, 0.1) is 17.6 Å². The third-order valence-corrected chi connectivity index (χ3v) is 2.65. The smallest absolute Gasteiger partial charge is 0.269 e. The third-order valence-electron chi connectivity index (χ3n) is 2.65. The van der Waals surface area contributed by atoms with E-state index in [-0.39, 0.29) is 11.8 Å². The van der Waals surface area contributed by atoms with Crippen LogP contribution in [0.5, 0.6) is 5.75 Å². The number of rotatable bonds is 10. The number of nitro benzene ring substituents is 1. The van der Waals surface area contributed by atoms with Crippen molar-refractivity contribution in [3.05, 3.63) is 34.4 Å². The molecule has 0 saturated carbocycles. The predicted octanol–water partition coefficient (Wildman–Crippen LogP) is 1.22. The lowest BCUT2D eigenvalue weighted by Gasteiger charge is -2.15. The minimum absolute atomic E-state index is 0.0133. The second-order valence-corrected chi connectivity index (χ2v) is 4.12. The van der Waals surface area contributed by atoms with Crippen molar-refractivity contribution in [2.24, 2.45) is 0 Å². The van der Waals surface area contributed by atoms with Gasteiger partial charge in [-0.1, -0.05) is 0 Å². The first-order chi connectivity index (χ1) is 9.67. The molecular weight excluding hydrogens is 264 g/mol. The first kappa shape index (κ1) is 16.4. The van der Waals surface area contributed by atoms with E-state index in [4.69, 9.17) is 14.2 Å². The van der Waals surface area contributed by atoms with Gasteiger partial charge in [0.15, 0.2) is 0 Å². The molecule has 1 atom stereocenters. The van der Waals surface area contributed by atoms with Crippen LogP contribution in [0.1, 0.15) is 0 Å². The molecule has 7 nitrogen and oxygen atoms in total. The molecule has 0 bridgehead atoms. The molecular formula is C13H20N2O5. The zero-order valence-corrected chi connectivity index (χ0v) is 11.7. The van der Waals surface area contributed by atoms with E-state index in [1.807, 2.05) is 0 Å². The summed E-state index contributed by atoms with van der Waals surface area (Å²) in [5.41, 5.74) is 0.0537. The number of hydrogen-bond donors (Lipinski definition) is 1. The molecule has 7 heteroatoms. The van der Waals surface area contributed by atoms with Crippen LogP contribution in [0.4, 0.5) is 5.69 Å². The average Bonchev–Trinajstić information content (AvgIpc) is 2.46. The molecule has 0 aliphatic rings. The number of ether oxygens (including phenoxy) is 3. The summed E-state index contributed by atoms with van der Waals surface area (Å²) < 4.78 is 15.7. The highest BCUT2D eigenvalue weighted by Gasteiger charge is 2.06. The Balaban J connectivity index is 2.19. The van der Waals surface area contributed by atoms with E-state index in [0.29, 0.717) is 32.1 Å². The number of nitro groups is 1. The van der Waals surface area contributed by atoms with Crippen LogP contribution in [0.15, 0.2) is 24.3 Å². The van der Waals surface area contributed by atoms with Gasteiger partial charge in [-0.2, -0.15) is 0 Å². The van der Waals surface area contributed by atoms with Crippen LogP contribution >= 0.6 is 0 Å². The molecule has 1 N–H and O–H groups in total. The Morgan fingerprint density at radius 1 is 1.30 bits per heavy atom. The maximum absolute atomic E-state index is 10.5. The fourth-order valence-corrected chi connectivity index (χ4v) is 1.56. The van der Waals surface area contributed by atoms with E-state index >= 15 is 0 Å². The summed E-state index contributed by atoms with van der Waals surface area (Å²) in [7, 11) is 3.27. The minimum atomic E-state index is -0.438. The highest BCUT2D eigenvalue weighted by Crippen LogP contribution is 2.16. The van der Waals surface area contributed by atoms with Gasteiger partial charge in [-0.25, -0.2) is 0 Å². The second-order valence-electron chi connectivity index (χ2n) is 4.12. The normalized spacial score (nSPS) is 12.1. The van der Waals surface area contributed by atoms with E-state index in [0.717, 1.165) is 0 Å². The summed E-state index contributed by atoms with van der Waals surface area (Å²) in [6.07, 6.45) is 0.0133. The lowest BCUT2D eigenvalue weighted by atomic mass is 10.3. The molecule has 0 spiro atoms. The van der Waals surface area contributed by atoms with Crippen molar-refractivity contribution in [3.8, 4) is 5.75 Å². The Hall–Kier alpha value is -1.70. The molecule has 0 radical (unpaired) electrons. The van der Waals surface area contributed by atoms with Crippen molar-refractivity contribution in [2.75, 3.05) is 40.5 Å². The molecule has 1 rings (SSSR count). The molecule has 0 saturated heterocycles. The Morgan fingerprint density at radius 3 is 2.55 bits per heavy atom. The molecule has 1 aromatic rings. The van der Waals surface area contributed by atoms with E-state index in [2.05, 4.69) is 5.32 Å². The van der Waals surface area contributed by atoms with Gasteiger partial charge < -0.3 is 19.5 Å². The predicted molar refractivity (Wildman–Crippen MR) is 74.1 cm³/mol. The molecule has 1 unspecified atom stereocenters. The van der Waals surface area contributed by atoms with E-state index in [1.165, 1.54) is 12.1 Å². The summed E-state index contributed by atoms with van der Waals surface area (Å²) >= 11 is 0. The zero-order chi connectivity index (χ0) is 14.8. The zero-order valence-electron chi connectivity index (χ0n) is 11.7. The van der Waals surface area contributed by atoms with E-state index in [1.54, 1.807) is 26.4 Å². The highest BCUT2D eigenvalue weighted by molar-refractivity contribution is 5.35. The first-order valence-electron chi connectivity index (χ1n) is 6.27. The summed E-state index contributed by atoms with van der Waals surface area (Å²) in [5.74, 6) is 0.609. The van der Waals surface area contributed by atoms with Gasteiger partial charge in [-0.3, -0.25) is 10.1 Å². The molecule has 0 aromatic heterocycles. The lowest BCUT2D eigenvalue weighted by molar-refractivity contribution is -0.384. The van der Waals surface area contributed by atoms with Crippen LogP contribution in [0.2, 0.25) is 0 Å². The second kappa shape index (κ2) is 9.24. The number of hydrogen-bond acceptors (Lipinski definition) is 6. The highest BCUT2D eigenvalue weighted by atomic mass is 16.6. The maximum atomic E-state index is 10.5. The first-order valence-corrected chi connectivity index (χ1v) is 6.27. The Labute approximate surface area is 118 Å². The largest absolute Gasteiger partial charge is 0.492 e. The fraction of sp³-hybridized carbons (Fsp3) is 0.538. The van der Waals surface area contributed by atoms with Gasteiger partial charge in [0.1, 0.15) is 12.4 Å². The third kappa shape index (κ3) is 5.96. The SMILES string of the molecule is COCC(CNCCOc1ccc([N+](=O)[O-])cc1)OC. The van der Waals surface area contributed by atoms with Gasteiger partial charge in [0, 0.05) is 39.4 Å². The van der Waals surface area contributed by atoms with E-state index in [9.17, 15) is 10.1 Å². The summed E-state index contributed by atoms with van der Waals surface area (Å²) in [5, 5.41) is 13.7. The van der Waals surface area contributed by atoms with Crippen LogP contribution < -0.4 is 10.1 Å². The quantitative estimate of drug-likeness (QED) is 0.395. The number of benzene rings is 1. The van der Waals surface area contributed by atoms with E-state index < -0.39 is 4.92 Å². The molecule has 20 heavy (non-hydrogen) atoms. The van der Waals surface area contributed by atoms with Crippen molar-refractivity contribution in [2.45, 2.75) is 6.10 Å². The van der Waals surface area contributed by atoms with Crippen molar-refractivity contribution < 1.29 is 19.1 Å². The maximum Gasteiger partial charge on any atom is 0.269 e. The Morgan fingerprint density at radius 2 is 2.00 bits per heavy atom. The van der Waals surface area contributed by atoms with Crippen LogP contribution in [0.3, 0.4) is 0 Å². The minimum Gasteiger partial charge on any atom is -0.492 e. The molecule has 0 aliphatic heterocycles. The van der Waals surface area contributed by atoms with Crippen molar-refractivity contribution >= 4 is 5.69 Å². The summed E-state index contributed by atoms with van der Waals surface area (Å²) in [6.45, 7) is 2.34. The number of nitrogens with zero attached hydrogens (tertiary/aromatic N) is 1. The topological polar surface area (TPSA) is 82.9 Å². The Kier molecular flexibility index (Phi) is 7.56. The Bertz CT molecular complexity index is 396. The van der Waals surface area contributed by atoms with Crippen LogP contribution in [-0.4, -0.2) is 51.6 Å². The number of non-ortho nitro benzene ring substituents is 1. The number of methoxy groups -OCH3 is 2. The van der Waals surface area contributed by atoms with Crippen molar-refractivity contribution in [1.82, 2.24) is 5.32 Å². The monoisotopic (exact) mass is 284 g/mol.